The number of aromatic nitrogens is 2. The smallest absolute Gasteiger partial charge is 0.232 e. The molecule has 5 nitrogen and oxygen atoms in total. The Morgan fingerprint density at radius 3 is 2.83 bits per heavy atom. The van der Waals surface area contributed by atoms with Crippen molar-refractivity contribution in [2.24, 2.45) is 5.92 Å². The highest BCUT2D eigenvalue weighted by atomic mass is 32.2. The van der Waals surface area contributed by atoms with Gasteiger partial charge >= 0.3 is 0 Å². The zero-order valence-corrected chi connectivity index (χ0v) is 17.7. The fourth-order valence-electron chi connectivity index (χ4n) is 3.74. The molecule has 2 aromatic carbocycles. The van der Waals surface area contributed by atoms with Gasteiger partial charge in [0.15, 0.2) is 0 Å². The Kier molecular flexibility index (Phi) is 6.47. The van der Waals surface area contributed by atoms with E-state index in [9.17, 15) is 9.18 Å². The fourth-order valence-corrected chi connectivity index (χ4v) is 4.54. The SMILES string of the molecule is Cc1ccccc1-c1noc(CC2CCCN(C(=O)CSc3ccc(F)cc3)C2)n1. The van der Waals surface area contributed by atoms with Crippen molar-refractivity contribution >= 4 is 17.7 Å². The van der Waals surface area contributed by atoms with Crippen molar-refractivity contribution in [3.05, 3.63) is 65.8 Å². The van der Waals surface area contributed by atoms with Gasteiger partial charge in [-0.1, -0.05) is 29.4 Å². The highest BCUT2D eigenvalue weighted by molar-refractivity contribution is 8.00. The first-order chi connectivity index (χ1) is 14.6. The number of hydrogen-bond donors (Lipinski definition) is 0. The van der Waals surface area contributed by atoms with Gasteiger partial charge in [0, 0.05) is 30.0 Å². The highest BCUT2D eigenvalue weighted by Gasteiger charge is 2.25. The quantitative estimate of drug-likeness (QED) is 0.533. The number of piperidine rings is 1. The van der Waals surface area contributed by atoms with Gasteiger partial charge in [-0.15, -0.1) is 11.8 Å². The van der Waals surface area contributed by atoms with E-state index in [4.69, 9.17) is 4.52 Å². The van der Waals surface area contributed by atoms with E-state index in [1.807, 2.05) is 36.1 Å². The average Bonchev–Trinajstić information content (AvgIpc) is 3.22. The van der Waals surface area contributed by atoms with Gasteiger partial charge in [0.25, 0.3) is 0 Å². The molecule has 2 heterocycles. The van der Waals surface area contributed by atoms with E-state index >= 15 is 0 Å². The third-order valence-corrected chi connectivity index (χ3v) is 6.36. The van der Waals surface area contributed by atoms with Crippen molar-refractivity contribution in [2.75, 3.05) is 18.8 Å². The van der Waals surface area contributed by atoms with Crippen molar-refractivity contribution < 1.29 is 13.7 Å². The number of thioether (sulfide) groups is 1. The van der Waals surface area contributed by atoms with Crippen LogP contribution >= 0.6 is 11.8 Å². The molecule has 1 fully saturated rings. The lowest BCUT2D eigenvalue weighted by atomic mass is 9.95. The Morgan fingerprint density at radius 2 is 2.03 bits per heavy atom. The predicted molar refractivity (Wildman–Crippen MR) is 115 cm³/mol. The maximum atomic E-state index is 13.0. The van der Waals surface area contributed by atoms with E-state index < -0.39 is 0 Å². The van der Waals surface area contributed by atoms with Crippen LogP contribution in [0.4, 0.5) is 4.39 Å². The molecule has 0 spiro atoms. The molecule has 1 aliphatic heterocycles. The van der Waals surface area contributed by atoms with Crippen LogP contribution < -0.4 is 0 Å². The first kappa shape index (κ1) is 20.6. The van der Waals surface area contributed by atoms with E-state index in [-0.39, 0.29) is 11.7 Å². The number of halogens is 1. The molecule has 1 saturated heterocycles. The minimum Gasteiger partial charge on any atom is -0.342 e. The van der Waals surface area contributed by atoms with Crippen LogP contribution in [0.15, 0.2) is 57.9 Å². The second-order valence-electron chi connectivity index (χ2n) is 7.62. The van der Waals surface area contributed by atoms with Gasteiger partial charge < -0.3 is 9.42 Å². The molecule has 1 aromatic heterocycles. The van der Waals surface area contributed by atoms with Gasteiger partial charge in [0.05, 0.1) is 5.75 Å². The molecular formula is C23H24FN3O2S. The Hall–Kier alpha value is -2.67. The summed E-state index contributed by atoms with van der Waals surface area (Å²) in [5.41, 5.74) is 2.09. The molecule has 30 heavy (non-hydrogen) atoms. The van der Waals surface area contributed by atoms with Crippen LogP contribution in [0, 0.1) is 18.7 Å². The molecule has 0 radical (unpaired) electrons. The first-order valence-corrected chi connectivity index (χ1v) is 11.1. The minimum atomic E-state index is -0.267. The Bertz CT molecular complexity index is 1010. The van der Waals surface area contributed by atoms with Crippen LogP contribution in [-0.4, -0.2) is 39.8 Å². The average molecular weight is 426 g/mol. The fraction of sp³-hybridized carbons (Fsp3) is 0.348. The van der Waals surface area contributed by atoms with Crippen LogP contribution in [0.3, 0.4) is 0 Å². The summed E-state index contributed by atoms with van der Waals surface area (Å²) < 4.78 is 18.5. The zero-order valence-electron chi connectivity index (χ0n) is 16.9. The van der Waals surface area contributed by atoms with Crippen LogP contribution in [0.25, 0.3) is 11.4 Å². The maximum absolute atomic E-state index is 13.0. The number of nitrogens with zero attached hydrogens (tertiary/aromatic N) is 3. The van der Waals surface area contributed by atoms with Gasteiger partial charge in [-0.25, -0.2) is 4.39 Å². The lowest BCUT2D eigenvalue weighted by Gasteiger charge is -2.32. The van der Waals surface area contributed by atoms with Gasteiger partial charge in [0.2, 0.25) is 17.6 Å². The van der Waals surface area contributed by atoms with Crippen molar-refractivity contribution in [3.63, 3.8) is 0 Å². The van der Waals surface area contributed by atoms with Crippen LogP contribution in [-0.2, 0) is 11.2 Å². The van der Waals surface area contributed by atoms with E-state index in [0.717, 1.165) is 35.4 Å². The zero-order chi connectivity index (χ0) is 20.9. The normalized spacial score (nSPS) is 16.6. The third kappa shape index (κ3) is 5.08. The molecule has 156 valence electrons. The third-order valence-electron chi connectivity index (χ3n) is 5.36. The molecule has 1 aliphatic rings. The van der Waals surface area contributed by atoms with Crippen LogP contribution in [0.2, 0.25) is 0 Å². The molecule has 1 amide bonds. The van der Waals surface area contributed by atoms with E-state index in [1.165, 1.54) is 23.9 Å². The number of hydrogen-bond acceptors (Lipinski definition) is 5. The molecule has 4 rings (SSSR count). The Morgan fingerprint density at radius 1 is 1.23 bits per heavy atom. The molecule has 3 aromatic rings. The number of amides is 1. The van der Waals surface area contributed by atoms with Crippen LogP contribution in [0.5, 0.6) is 0 Å². The molecule has 1 atom stereocenters. The molecule has 0 saturated carbocycles. The topological polar surface area (TPSA) is 59.2 Å². The summed E-state index contributed by atoms with van der Waals surface area (Å²) in [5.74, 6) is 1.74. The molecule has 0 N–H and O–H groups in total. The van der Waals surface area contributed by atoms with Crippen molar-refractivity contribution in [1.29, 1.82) is 0 Å². The van der Waals surface area contributed by atoms with Gasteiger partial charge in [-0.2, -0.15) is 4.98 Å². The summed E-state index contributed by atoms with van der Waals surface area (Å²) in [5, 5.41) is 4.14. The summed E-state index contributed by atoms with van der Waals surface area (Å²) in [6.07, 6.45) is 2.68. The Labute approximate surface area is 179 Å². The predicted octanol–water partition coefficient (Wildman–Crippen LogP) is 4.76. The van der Waals surface area contributed by atoms with Gasteiger partial charge in [0.1, 0.15) is 5.82 Å². The second kappa shape index (κ2) is 9.43. The number of benzene rings is 2. The Balaban J connectivity index is 1.32. The number of likely N-dealkylation sites (tertiary alicyclic amines) is 1. The lowest BCUT2D eigenvalue weighted by Crippen LogP contribution is -2.41. The van der Waals surface area contributed by atoms with Gasteiger partial charge in [-0.3, -0.25) is 4.79 Å². The summed E-state index contributed by atoms with van der Waals surface area (Å²) in [6.45, 7) is 3.50. The maximum Gasteiger partial charge on any atom is 0.232 e. The van der Waals surface area contributed by atoms with Crippen molar-refractivity contribution in [3.8, 4) is 11.4 Å². The molecule has 1 unspecified atom stereocenters. The minimum absolute atomic E-state index is 0.111. The standard InChI is InChI=1S/C23H24FN3O2S/c1-16-5-2-3-7-20(16)23-25-21(29-26-23)13-17-6-4-12-27(14-17)22(28)15-30-19-10-8-18(24)9-11-19/h2-3,5,7-11,17H,4,6,12-15H2,1H3. The van der Waals surface area contributed by atoms with Crippen LogP contribution in [0.1, 0.15) is 24.3 Å². The van der Waals surface area contributed by atoms with Crippen molar-refractivity contribution in [1.82, 2.24) is 15.0 Å². The summed E-state index contributed by atoms with van der Waals surface area (Å²) in [4.78, 5) is 20.0. The highest BCUT2D eigenvalue weighted by Crippen LogP contribution is 2.25. The largest absolute Gasteiger partial charge is 0.342 e. The first-order valence-electron chi connectivity index (χ1n) is 10.1. The van der Waals surface area contributed by atoms with E-state index in [0.29, 0.717) is 36.4 Å². The van der Waals surface area contributed by atoms with E-state index in [1.54, 1.807) is 12.1 Å². The lowest BCUT2D eigenvalue weighted by molar-refractivity contribution is -0.130. The molecule has 7 heteroatoms. The summed E-state index contributed by atoms with van der Waals surface area (Å²) >= 11 is 1.44. The second-order valence-corrected chi connectivity index (χ2v) is 8.67. The molecule has 0 bridgehead atoms. The van der Waals surface area contributed by atoms with E-state index in [2.05, 4.69) is 10.1 Å². The number of rotatable bonds is 6. The number of carbonyl (C=O) groups excluding carboxylic acids is 1. The van der Waals surface area contributed by atoms with Gasteiger partial charge in [-0.05, 0) is 55.5 Å². The summed E-state index contributed by atoms with van der Waals surface area (Å²) in [6, 6.07) is 14.2. The monoisotopic (exact) mass is 425 g/mol. The molecular weight excluding hydrogens is 401 g/mol. The number of aryl methyl sites for hydroxylation is 1. The van der Waals surface area contributed by atoms with Crippen molar-refractivity contribution in [2.45, 2.75) is 31.1 Å². The number of carbonyl (C=O) groups is 1. The molecule has 0 aliphatic carbocycles. The summed E-state index contributed by atoms with van der Waals surface area (Å²) in [7, 11) is 0.